The molecule has 6 N–H and O–H groups in total. The van der Waals surface area contributed by atoms with Crippen LogP contribution in [0.25, 0.3) is 16.9 Å². The summed E-state index contributed by atoms with van der Waals surface area (Å²) in [5.74, 6) is -7.63. The minimum absolute atomic E-state index is 0.0262. The van der Waals surface area contributed by atoms with Crippen LogP contribution in [0.1, 0.15) is 41.8 Å². The number of rotatable bonds is 5. The van der Waals surface area contributed by atoms with Gasteiger partial charge in [0, 0.05) is 11.5 Å². The van der Waals surface area contributed by atoms with Crippen molar-refractivity contribution in [2.24, 2.45) is 17.6 Å². The molecular weight excluding hydrogens is 544 g/mol. The van der Waals surface area contributed by atoms with E-state index in [9.17, 15) is 39.6 Å². The van der Waals surface area contributed by atoms with Crippen molar-refractivity contribution >= 4 is 29.2 Å². The molecule has 1 amide bonds. The molecule has 2 aromatic rings. The summed E-state index contributed by atoms with van der Waals surface area (Å²) in [6, 6.07) is 8.50. The Bertz CT molecular complexity index is 1620. The number of likely N-dealkylation sites (N-methyl/N-ethyl adjacent to an activating group) is 1. The summed E-state index contributed by atoms with van der Waals surface area (Å²) in [6.07, 6.45) is -0.225. The summed E-state index contributed by atoms with van der Waals surface area (Å²) >= 11 is 0. The second kappa shape index (κ2) is 10.1. The lowest BCUT2D eigenvalue weighted by Gasteiger charge is -2.50. The second-order valence-electron chi connectivity index (χ2n) is 11.5. The average Bonchev–Trinajstić information content (AvgIpc) is 2.90. The van der Waals surface area contributed by atoms with Gasteiger partial charge < -0.3 is 30.9 Å². The van der Waals surface area contributed by atoms with Crippen molar-refractivity contribution in [3.05, 3.63) is 70.0 Å². The van der Waals surface area contributed by atoms with Crippen molar-refractivity contribution in [3.8, 4) is 16.9 Å². The molecule has 0 spiro atoms. The zero-order valence-corrected chi connectivity index (χ0v) is 23.5. The van der Waals surface area contributed by atoms with Crippen molar-refractivity contribution in [3.63, 3.8) is 0 Å². The third-order valence-corrected chi connectivity index (χ3v) is 8.36. The number of ketones is 2. The zero-order chi connectivity index (χ0) is 30.8. The van der Waals surface area contributed by atoms with Gasteiger partial charge in [0.15, 0.2) is 11.4 Å². The van der Waals surface area contributed by atoms with Crippen LogP contribution in [0.3, 0.4) is 0 Å². The second-order valence-corrected chi connectivity index (χ2v) is 11.5. The van der Waals surface area contributed by atoms with Crippen LogP contribution in [-0.4, -0.2) is 80.6 Å². The van der Waals surface area contributed by atoms with E-state index in [2.05, 4.69) is 0 Å². The molecule has 11 heteroatoms. The first-order valence-electron chi connectivity index (χ1n) is 13.5. The van der Waals surface area contributed by atoms with E-state index < -0.39 is 64.0 Å². The van der Waals surface area contributed by atoms with Crippen LogP contribution in [0.2, 0.25) is 0 Å². The fourth-order valence-electron chi connectivity index (χ4n) is 6.61. The topological polar surface area (TPSA) is 188 Å². The summed E-state index contributed by atoms with van der Waals surface area (Å²) in [5, 5.41) is 45.0. The van der Waals surface area contributed by atoms with Crippen molar-refractivity contribution in [2.75, 3.05) is 14.1 Å². The Labute approximate surface area is 241 Å². The molecule has 0 saturated heterocycles. The lowest BCUT2D eigenvalue weighted by molar-refractivity contribution is -0.153. The monoisotopic (exact) mass is 576 g/mol. The largest absolute Gasteiger partial charge is 0.508 e. The Morgan fingerprint density at radius 1 is 1.10 bits per heavy atom. The van der Waals surface area contributed by atoms with Gasteiger partial charge in [-0.1, -0.05) is 18.2 Å². The first kappa shape index (κ1) is 29.0. The zero-order valence-electron chi connectivity index (χ0n) is 23.5. The lowest BCUT2D eigenvalue weighted by Crippen LogP contribution is -2.65. The van der Waals surface area contributed by atoms with E-state index in [0.717, 1.165) is 0 Å². The summed E-state index contributed by atoms with van der Waals surface area (Å²) in [7, 11) is 3.09. The third kappa shape index (κ3) is 4.19. The van der Waals surface area contributed by atoms with Crippen LogP contribution in [0, 0.1) is 11.8 Å². The average molecular weight is 577 g/mol. The molecule has 0 aromatic heterocycles. The quantitative estimate of drug-likeness (QED) is 0.261. The number of carbonyl (C=O) groups is 4. The van der Waals surface area contributed by atoms with Crippen LogP contribution in [0.5, 0.6) is 5.75 Å². The van der Waals surface area contributed by atoms with Gasteiger partial charge in [0.2, 0.25) is 5.78 Å². The first-order valence-corrected chi connectivity index (χ1v) is 13.5. The minimum atomic E-state index is -2.71. The van der Waals surface area contributed by atoms with Crippen molar-refractivity contribution in [1.29, 1.82) is 0 Å². The number of ether oxygens (including phenoxy) is 1. The number of hydrogen-bond acceptors (Lipinski definition) is 10. The molecule has 0 bridgehead atoms. The van der Waals surface area contributed by atoms with Gasteiger partial charge in [0.1, 0.15) is 22.8 Å². The van der Waals surface area contributed by atoms with Crippen LogP contribution >= 0.6 is 0 Å². The molecule has 11 nitrogen and oxygen atoms in total. The molecular formula is C31H32N2O9. The molecule has 0 aliphatic heterocycles. The third-order valence-electron chi connectivity index (χ3n) is 8.36. The van der Waals surface area contributed by atoms with Crippen LogP contribution in [-0.2, 0) is 25.5 Å². The number of nitrogens with two attached hydrogens (primary N) is 1. The van der Waals surface area contributed by atoms with Crippen molar-refractivity contribution < 1.29 is 44.3 Å². The number of carbonyl (C=O) groups excluding carboxylic acids is 4. The van der Waals surface area contributed by atoms with E-state index in [1.165, 1.54) is 11.0 Å². The van der Waals surface area contributed by atoms with Gasteiger partial charge in [0.05, 0.1) is 23.3 Å². The molecule has 1 fully saturated rings. The predicted molar refractivity (Wildman–Crippen MR) is 150 cm³/mol. The summed E-state index contributed by atoms with van der Waals surface area (Å²) < 4.78 is 5.32. The van der Waals surface area contributed by atoms with E-state index in [4.69, 9.17) is 10.5 Å². The van der Waals surface area contributed by atoms with Crippen molar-refractivity contribution in [1.82, 2.24) is 4.90 Å². The Morgan fingerprint density at radius 2 is 1.79 bits per heavy atom. The number of phenolic OH excluding ortho intramolecular Hbond substituents is 1. The van der Waals surface area contributed by atoms with E-state index >= 15 is 0 Å². The predicted octanol–water partition coefficient (Wildman–Crippen LogP) is 2.20. The van der Waals surface area contributed by atoms with Crippen LogP contribution < -0.4 is 5.73 Å². The SMILES string of the molecule is CC(C)OC(=O)c1cccc(-c2ccc(O)c3c2CC2CC4C(N(C)C)C(=O)C(C(N)=O)=C(O)C4(O)C(=O)C2=C3O)c1. The standard InChI is InChI=1S/C31H32N2O9/c1-13(2)42-30(40)15-7-5-6-14(10-15)17-8-9-20(34)22-18(17)11-16-12-19-24(33(3)4)26(36)23(29(32)39)28(38)31(19,41)27(37)21(16)25(22)35/h5-10,13,16,19,24,34-35,38,41H,11-12H2,1-4H3,(H2,32,39). The molecule has 4 atom stereocenters. The molecule has 3 aliphatic carbocycles. The van der Waals surface area contributed by atoms with E-state index in [0.29, 0.717) is 22.3 Å². The molecule has 1 saturated carbocycles. The smallest absolute Gasteiger partial charge is 0.338 e. The van der Waals surface area contributed by atoms with E-state index in [1.807, 2.05) is 0 Å². The Morgan fingerprint density at radius 3 is 2.40 bits per heavy atom. The maximum Gasteiger partial charge on any atom is 0.338 e. The Kier molecular flexibility index (Phi) is 6.99. The highest BCUT2D eigenvalue weighted by Crippen LogP contribution is 2.53. The molecule has 0 radical (unpaired) electrons. The maximum atomic E-state index is 14.0. The first-order chi connectivity index (χ1) is 19.7. The summed E-state index contributed by atoms with van der Waals surface area (Å²) in [5.41, 5.74) is 3.52. The highest BCUT2D eigenvalue weighted by atomic mass is 16.5. The van der Waals surface area contributed by atoms with Gasteiger partial charge in [-0.15, -0.1) is 0 Å². The molecule has 220 valence electrons. The number of fused-ring (bicyclic) bond motifs is 3. The molecule has 42 heavy (non-hydrogen) atoms. The molecule has 4 unspecified atom stereocenters. The summed E-state index contributed by atoms with van der Waals surface area (Å²) in [4.78, 5) is 53.4. The van der Waals surface area contributed by atoms with Gasteiger partial charge >= 0.3 is 5.97 Å². The minimum Gasteiger partial charge on any atom is -0.508 e. The number of aliphatic hydroxyl groups is 3. The molecule has 3 aliphatic rings. The van der Waals surface area contributed by atoms with Gasteiger partial charge in [0.25, 0.3) is 5.91 Å². The van der Waals surface area contributed by atoms with Crippen LogP contribution in [0.15, 0.2) is 53.3 Å². The number of esters is 1. The van der Waals surface area contributed by atoms with Crippen molar-refractivity contribution in [2.45, 2.75) is 44.4 Å². The summed E-state index contributed by atoms with van der Waals surface area (Å²) in [6.45, 7) is 3.48. The maximum absolute atomic E-state index is 14.0. The molecule has 5 rings (SSSR count). The van der Waals surface area contributed by atoms with E-state index in [1.54, 1.807) is 58.3 Å². The fourth-order valence-corrected chi connectivity index (χ4v) is 6.61. The number of benzene rings is 2. The fraction of sp³-hybridized carbons (Fsp3) is 0.355. The molecule has 2 aromatic carbocycles. The lowest BCUT2D eigenvalue weighted by atomic mass is 9.57. The van der Waals surface area contributed by atoms with Gasteiger partial charge in [-0.2, -0.15) is 0 Å². The number of Topliss-reactive ketones (excluding diaryl/α,β-unsaturated/α-hetero) is 2. The normalized spacial score (nSPS) is 25.4. The highest BCUT2D eigenvalue weighted by molar-refractivity contribution is 6.24. The van der Waals surface area contributed by atoms with Gasteiger partial charge in [-0.3, -0.25) is 19.3 Å². The highest BCUT2D eigenvalue weighted by Gasteiger charge is 2.64. The Balaban J connectivity index is 1.68. The number of amides is 1. The molecule has 0 heterocycles. The number of nitrogens with zero attached hydrogens (tertiary/aromatic N) is 1. The van der Waals surface area contributed by atoms with Crippen LogP contribution in [0.4, 0.5) is 0 Å². The number of aromatic hydroxyl groups is 1. The van der Waals surface area contributed by atoms with Gasteiger partial charge in [-0.25, -0.2) is 4.79 Å². The number of primary amides is 1. The number of hydrogen-bond donors (Lipinski definition) is 5. The van der Waals surface area contributed by atoms with Gasteiger partial charge in [-0.05, 0) is 81.6 Å². The number of phenols is 1. The Hall–Kier alpha value is -4.48. The van der Waals surface area contributed by atoms with E-state index in [-0.39, 0.29) is 35.8 Å². The number of aliphatic hydroxyl groups excluding tert-OH is 2.